The number of aliphatic hydroxyl groups excluding tert-OH is 1. The van der Waals surface area contributed by atoms with E-state index >= 15 is 0 Å². The minimum absolute atomic E-state index is 0.0516. The molecule has 1 fully saturated rings. The van der Waals surface area contributed by atoms with Crippen LogP contribution in [0.25, 0.3) is 0 Å². The van der Waals surface area contributed by atoms with Crippen molar-refractivity contribution in [2.24, 2.45) is 0 Å². The van der Waals surface area contributed by atoms with Crippen LogP contribution in [0, 0.1) is 11.6 Å². The molecule has 1 aliphatic heterocycles. The third kappa shape index (κ3) is 6.13. The molecule has 0 amide bonds. The van der Waals surface area contributed by atoms with Gasteiger partial charge in [0.05, 0.1) is 18.8 Å². The monoisotopic (exact) mass is 355 g/mol. The van der Waals surface area contributed by atoms with Gasteiger partial charge in [-0.3, -0.25) is 0 Å². The van der Waals surface area contributed by atoms with Gasteiger partial charge in [-0.05, 0) is 63.4 Å². The van der Waals surface area contributed by atoms with Gasteiger partial charge in [0.25, 0.3) is 0 Å². The number of likely N-dealkylation sites (tertiary alicyclic amines) is 1. The van der Waals surface area contributed by atoms with Gasteiger partial charge in [0.2, 0.25) is 0 Å². The Morgan fingerprint density at radius 3 is 2.64 bits per heavy atom. The summed E-state index contributed by atoms with van der Waals surface area (Å²) in [7, 11) is 0. The SMILES string of the molecule is CC(=O)CCc1c(F)cc(F)cc1C(C)OCC(O)CN1CCCC1. The van der Waals surface area contributed by atoms with Gasteiger partial charge in [-0.2, -0.15) is 0 Å². The summed E-state index contributed by atoms with van der Waals surface area (Å²) in [5.41, 5.74) is 0.699. The van der Waals surface area contributed by atoms with Gasteiger partial charge in [-0.25, -0.2) is 8.78 Å². The van der Waals surface area contributed by atoms with Crippen molar-refractivity contribution >= 4 is 5.78 Å². The lowest BCUT2D eigenvalue weighted by atomic mass is 9.97. The van der Waals surface area contributed by atoms with E-state index in [0.29, 0.717) is 17.7 Å². The Labute approximate surface area is 147 Å². The number of rotatable bonds is 9. The van der Waals surface area contributed by atoms with Crippen molar-refractivity contribution in [2.75, 3.05) is 26.2 Å². The van der Waals surface area contributed by atoms with Crippen molar-refractivity contribution < 1.29 is 23.4 Å². The molecule has 2 rings (SSSR count). The number of Topliss-reactive ketones (excluding diaryl/α,β-unsaturated/α-hetero) is 1. The number of nitrogens with zero attached hydrogens (tertiary/aromatic N) is 1. The second-order valence-corrected chi connectivity index (χ2v) is 6.79. The maximum absolute atomic E-state index is 14.1. The van der Waals surface area contributed by atoms with E-state index in [-0.39, 0.29) is 25.2 Å². The molecule has 140 valence electrons. The summed E-state index contributed by atoms with van der Waals surface area (Å²) in [5.74, 6) is -1.39. The number of carbonyl (C=O) groups is 1. The topological polar surface area (TPSA) is 49.8 Å². The first-order valence-electron chi connectivity index (χ1n) is 8.86. The predicted octanol–water partition coefficient (Wildman–Crippen LogP) is 3.02. The van der Waals surface area contributed by atoms with Crippen molar-refractivity contribution in [3.05, 3.63) is 34.9 Å². The summed E-state index contributed by atoms with van der Waals surface area (Å²) in [6, 6.07) is 2.07. The van der Waals surface area contributed by atoms with Crippen molar-refractivity contribution in [2.45, 2.75) is 51.7 Å². The molecular formula is C19H27F2NO3. The molecule has 2 atom stereocenters. The van der Waals surface area contributed by atoms with Crippen LogP contribution in [-0.2, 0) is 16.0 Å². The predicted molar refractivity (Wildman–Crippen MR) is 91.4 cm³/mol. The van der Waals surface area contributed by atoms with E-state index in [1.165, 1.54) is 13.0 Å². The van der Waals surface area contributed by atoms with Gasteiger partial charge in [-0.15, -0.1) is 0 Å². The average molecular weight is 355 g/mol. The van der Waals surface area contributed by atoms with E-state index in [9.17, 15) is 18.7 Å². The fraction of sp³-hybridized carbons (Fsp3) is 0.632. The molecule has 2 unspecified atom stereocenters. The summed E-state index contributed by atoms with van der Waals surface area (Å²) in [5, 5.41) is 10.1. The first kappa shape index (κ1) is 19.9. The molecule has 0 bridgehead atoms. The molecule has 4 nitrogen and oxygen atoms in total. The van der Waals surface area contributed by atoms with Crippen LogP contribution in [0.4, 0.5) is 8.78 Å². The second-order valence-electron chi connectivity index (χ2n) is 6.79. The molecule has 1 heterocycles. The Bertz CT molecular complexity index is 588. The molecule has 0 aliphatic carbocycles. The quantitative estimate of drug-likeness (QED) is 0.740. The zero-order chi connectivity index (χ0) is 18.4. The van der Waals surface area contributed by atoms with Crippen molar-refractivity contribution in [3.8, 4) is 0 Å². The van der Waals surface area contributed by atoms with Gasteiger partial charge in [0, 0.05) is 19.0 Å². The number of halogens is 2. The highest BCUT2D eigenvalue weighted by Gasteiger charge is 2.20. The maximum Gasteiger partial charge on any atom is 0.130 e. The van der Waals surface area contributed by atoms with Crippen LogP contribution < -0.4 is 0 Å². The van der Waals surface area contributed by atoms with Gasteiger partial charge < -0.3 is 19.5 Å². The second kappa shape index (κ2) is 9.36. The van der Waals surface area contributed by atoms with Crippen LogP contribution in [-0.4, -0.2) is 48.1 Å². The molecule has 1 saturated heterocycles. The number of ether oxygens (including phenoxy) is 1. The van der Waals surface area contributed by atoms with Crippen molar-refractivity contribution in [1.29, 1.82) is 0 Å². The van der Waals surface area contributed by atoms with Gasteiger partial charge in [0.15, 0.2) is 0 Å². The summed E-state index contributed by atoms with van der Waals surface area (Å²) < 4.78 is 33.4. The molecule has 25 heavy (non-hydrogen) atoms. The fourth-order valence-electron chi connectivity index (χ4n) is 3.21. The highest BCUT2D eigenvalue weighted by atomic mass is 19.1. The maximum atomic E-state index is 14.1. The third-order valence-corrected chi connectivity index (χ3v) is 4.57. The standard InChI is InChI=1S/C19H27F2NO3/c1-13(23)5-6-17-18(9-15(20)10-19(17)21)14(2)25-12-16(24)11-22-7-3-4-8-22/h9-10,14,16,24H,3-8,11-12H2,1-2H3. The summed E-state index contributed by atoms with van der Waals surface area (Å²) >= 11 is 0. The molecule has 0 spiro atoms. The zero-order valence-corrected chi connectivity index (χ0v) is 14.9. The highest BCUT2D eigenvalue weighted by molar-refractivity contribution is 5.75. The average Bonchev–Trinajstić information content (AvgIpc) is 3.03. The van der Waals surface area contributed by atoms with Crippen molar-refractivity contribution in [3.63, 3.8) is 0 Å². The number of aliphatic hydroxyl groups is 1. The Morgan fingerprint density at radius 1 is 1.32 bits per heavy atom. The van der Waals surface area contributed by atoms with Crippen LogP contribution in [0.1, 0.15) is 50.3 Å². The molecule has 1 N–H and O–H groups in total. The Hall–Kier alpha value is -1.37. The van der Waals surface area contributed by atoms with E-state index < -0.39 is 23.8 Å². The smallest absolute Gasteiger partial charge is 0.130 e. The van der Waals surface area contributed by atoms with Crippen LogP contribution in [0.15, 0.2) is 12.1 Å². The molecular weight excluding hydrogens is 328 g/mol. The molecule has 0 saturated carbocycles. The molecule has 0 radical (unpaired) electrons. The summed E-state index contributed by atoms with van der Waals surface area (Å²) in [4.78, 5) is 13.4. The van der Waals surface area contributed by atoms with Crippen LogP contribution in [0.2, 0.25) is 0 Å². The van der Waals surface area contributed by atoms with Gasteiger partial charge >= 0.3 is 0 Å². The van der Waals surface area contributed by atoms with E-state index in [1.54, 1.807) is 6.92 Å². The Morgan fingerprint density at radius 2 is 2.00 bits per heavy atom. The number of hydrogen-bond donors (Lipinski definition) is 1. The Balaban J connectivity index is 1.98. The largest absolute Gasteiger partial charge is 0.389 e. The number of carbonyl (C=O) groups excluding carboxylic acids is 1. The molecule has 6 heteroatoms. The minimum Gasteiger partial charge on any atom is -0.389 e. The number of hydrogen-bond acceptors (Lipinski definition) is 4. The van der Waals surface area contributed by atoms with Crippen LogP contribution >= 0.6 is 0 Å². The fourth-order valence-corrected chi connectivity index (χ4v) is 3.21. The van der Waals surface area contributed by atoms with E-state index in [4.69, 9.17) is 4.74 Å². The lowest BCUT2D eigenvalue weighted by Crippen LogP contribution is -2.33. The number of β-amino-alcohol motifs (C(OH)–C–C–N with tert-alkyl or cyclic N) is 1. The minimum atomic E-state index is -0.674. The van der Waals surface area contributed by atoms with Crippen LogP contribution in [0.3, 0.4) is 0 Å². The van der Waals surface area contributed by atoms with E-state index in [1.807, 2.05) is 0 Å². The van der Waals surface area contributed by atoms with E-state index in [2.05, 4.69) is 4.90 Å². The van der Waals surface area contributed by atoms with Crippen LogP contribution in [0.5, 0.6) is 0 Å². The molecule has 1 aromatic rings. The van der Waals surface area contributed by atoms with Crippen molar-refractivity contribution in [1.82, 2.24) is 4.90 Å². The number of benzene rings is 1. The summed E-state index contributed by atoms with van der Waals surface area (Å²) in [6.45, 7) is 5.75. The summed E-state index contributed by atoms with van der Waals surface area (Å²) in [6.07, 6.45) is 1.48. The first-order chi connectivity index (χ1) is 11.9. The lowest BCUT2D eigenvalue weighted by molar-refractivity contribution is -0.117. The normalized spacial score (nSPS) is 17.6. The third-order valence-electron chi connectivity index (χ3n) is 4.57. The first-order valence-corrected chi connectivity index (χ1v) is 8.86. The number of ketones is 1. The zero-order valence-electron chi connectivity index (χ0n) is 14.9. The Kier molecular flexibility index (Phi) is 7.47. The van der Waals surface area contributed by atoms with Gasteiger partial charge in [-0.1, -0.05) is 0 Å². The van der Waals surface area contributed by atoms with Gasteiger partial charge in [0.1, 0.15) is 17.4 Å². The molecule has 1 aliphatic rings. The lowest BCUT2D eigenvalue weighted by Gasteiger charge is -2.22. The highest BCUT2D eigenvalue weighted by Crippen LogP contribution is 2.26. The molecule has 0 aromatic heterocycles. The van der Waals surface area contributed by atoms with E-state index in [0.717, 1.165) is 32.0 Å². The molecule has 1 aromatic carbocycles.